The number of anilines is 1. The third-order valence-corrected chi connectivity index (χ3v) is 5.57. The topological polar surface area (TPSA) is 58.4 Å². The van der Waals surface area contributed by atoms with Gasteiger partial charge in [0, 0.05) is 45.2 Å². The third kappa shape index (κ3) is 3.23. The summed E-state index contributed by atoms with van der Waals surface area (Å²) >= 11 is 0. The Kier molecular flexibility index (Phi) is 4.49. The molecule has 0 unspecified atom stereocenters. The average Bonchev–Trinajstić information content (AvgIpc) is 2.69. The summed E-state index contributed by atoms with van der Waals surface area (Å²) in [6.07, 6.45) is 4.12. The number of nitrogens with zero attached hydrogens (tertiary/aromatic N) is 4. The Morgan fingerprint density at radius 2 is 1.85 bits per heavy atom. The van der Waals surface area contributed by atoms with Crippen LogP contribution in [0.25, 0.3) is 0 Å². The van der Waals surface area contributed by atoms with Crippen molar-refractivity contribution in [3.63, 3.8) is 0 Å². The highest BCUT2D eigenvalue weighted by Crippen LogP contribution is 2.26. The van der Waals surface area contributed by atoms with Gasteiger partial charge < -0.3 is 14.4 Å². The molecule has 0 aliphatic carbocycles. The zero-order chi connectivity index (χ0) is 18.1. The van der Waals surface area contributed by atoms with Gasteiger partial charge in [-0.1, -0.05) is 24.3 Å². The standard InChI is InChI=1S/C20H24N4O2/c1-22-14-21-18(12-19(22)25)23-9-7-16(8-10-23)20(26)24-11-6-15-4-2-3-5-17(15)13-24/h2-5,12,14,16H,6-11,13H2,1H3. The predicted octanol–water partition coefficient (Wildman–Crippen LogP) is 1.58. The number of benzene rings is 1. The highest BCUT2D eigenvalue weighted by atomic mass is 16.2. The number of aromatic nitrogens is 2. The molecule has 1 aromatic heterocycles. The Morgan fingerprint density at radius 3 is 2.58 bits per heavy atom. The van der Waals surface area contributed by atoms with Gasteiger partial charge in [0.05, 0.1) is 6.33 Å². The molecule has 0 N–H and O–H groups in total. The lowest BCUT2D eigenvalue weighted by molar-refractivity contribution is -0.137. The predicted molar refractivity (Wildman–Crippen MR) is 100.0 cm³/mol. The number of fused-ring (bicyclic) bond motifs is 1. The summed E-state index contributed by atoms with van der Waals surface area (Å²) in [5.74, 6) is 1.06. The first kappa shape index (κ1) is 16.8. The van der Waals surface area contributed by atoms with E-state index >= 15 is 0 Å². The van der Waals surface area contributed by atoms with Crippen molar-refractivity contribution in [2.24, 2.45) is 13.0 Å². The van der Waals surface area contributed by atoms with Crippen LogP contribution in [0.3, 0.4) is 0 Å². The van der Waals surface area contributed by atoms with E-state index in [1.807, 2.05) is 11.0 Å². The Morgan fingerprint density at radius 1 is 1.12 bits per heavy atom. The van der Waals surface area contributed by atoms with Crippen LogP contribution in [0, 0.1) is 5.92 Å². The quantitative estimate of drug-likeness (QED) is 0.823. The summed E-state index contributed by atoms with van der Waals surface area (Å²) in [5.41, 5.74) is 2.58. The van der Waals surface area contributed by atoms with Crippen LogP contribution in [0.2, 0.25) is 0 Å². The van der Waals surface area contributed by atoms with Crippen molar-refractivity contribution in [3.8, 4) is 0 Å². The summed E-state index contributed by atoms with van der Waals surface area (Å²) in [4.78, 5) is 33.2. The zero-order valence-electron chi connectivity index (χ0n) is 15.1. The van der Waals surface area contributed by atoms with Crippen LogP contribution in [0.4, 0.5) is 5.82 Å². The lowest BCUT2D eigenvalue weighted by atomic mass is 9.93. The van der Waals surface area contributed by atoms with Gasteiger partial charge in [0.25, 0.3) is 5.56 Å². The molecule has 26 heavy (non-hydrogen) atoms. The highest BCUT2D eigenvalue weighted by molar-refractivity contribution is 5.79. The first-order valence-corrected chi connectivity index (χ1v) is 9.25. The van der Waals surface area contributed by atoms with E-state index in [4.69, 9.17) is 0 Å². The molecule has 1 fully saturated rings. The van der Waals surface area contributed by atoms with E-state index in [-0.39, 0.29) is 17.4 Å². The first-order valence-electron chi connectivity index (χ1n) is 9.25. The smallest absolute Gasteiger partial charge is 0.255 e. The van der Waals surface area contributed by atoms with Crippen molar-refractivity contribution in [2.45, 2.75) is 25.8 Å². The van der Waals surface area contributed by atoms with Crippen LogP contribution in [0.5, 0.6) is 0 Å². The third-order valence-electron chi connectivity index (χ3n) is 5.57. The van der Waals surface area contributed by atoms with Crippen LogP contribution in [0.1, 0.15) is 24.0 Å². The van der Waals surface area contributed by atoms with Gasteiger partial charge in [0.2, 0.25) is 5.91 Å². The molecule has 1 saturated heterocycles. The second kappa shape index (κ2) is 6.94. The molecule has 0 spiro atoms. The van der Waals surface area contributed by atoms with Crippen molar-refractivity contribution < 1.29 is 4.79 Å². The van der Waals surface area contributed by atoms with Crippen LogP contribution in [-0.2, 0) is 24.8 Å². The maximum atomic E-state index is 12.9. The zero-order valence-corrected chi connectivity index (χ0v) is 15.1. The minimum absolute atomic E-state index is 0.0554. The van der Waals surface area contributed by atoms with Crippen molar-refractivity contribution in [1.29, 1.82) is 0 Å². The largest absolute Gasteiger partial charge is 0.356 e. The first-order chi connectivity index (χ1) is 12.6. The fourth-order valence-corrected chi connectivity index (χ4v) is 3.92. The maximum Gasteiger partial charge on any atom is 0.255 e. The molecule has 136 valence electrons. The number of piperidine rings is 1. The van der Waals surface area contributed by atoms with E-state index in [9.17, 15) is 9.59 Å². The molecule has 2 aromatic rings. The maximum absolute atomic E-state index is 12.9. The van der Waals surface area contributed by atoms with Crippen molar-refractivity contribution in [1.82, 2.24) is 14.5 Å². The molecule has 2 aliphatic rings. The summed E-state index contributed by atoms with van der Waals surface area (Å²) in [6.45, 7) is 3.07. The van der Waals surface area contributed by atoms with E-state index in [0.29, 0.717) is 5.82 Å². The van der Waals surface area contributed by atoms with Crippen LogP contribution >= 0.6 is 0 Å². The minimum Gasteiger partial charge on any atom is -0.356 e. The number of carbonyl (C=O) groups is 1. The number of rotatable bonds is 2. The average molecular weight is 352 g/mol. The van der Waals surface area contributed by atoms with Gasteiger partial charge in [-0.25, -0.2) is 4.98 Å². The number of carbonyl (C=O) groups excluding carboxylic acids is 1. The number of hydrogen-bond donors (Lipinski definition) is 0. The summed E-state index contributed by atoms with van der Waals surface area (Å²) in [5, 5.41) is 0. The molecule has 1 aromatic carbocycles. The van der Waals surface area contributed by atoms with Gasteiger partial charge in [0.15, 0.2) is 0 Å². The molecular formula is C20H24N4O2. The second-order valence-corrected chi connectivity index (χ2v) is 7.24. The van der Waals surface area contributed by atoms with Gasteiger partial charge in [-0.05, 0) is 30.4 Å². The van der Waals surface area contributed by atoms with Crippen LogP contribution in [0.15, 0.2) is 41.5 Å². The van der Waals surface area contributed by atoms with Crippen molar-refractivity contribution in [2.75, 3.05) is 24.5 Å². The van der Waals surface area contributed by atoms with Gasteiger partial charge in [-0.3, -0.25) is 9.59 Å². The fourth-order valence-electron chi connectivity index (χ4n) is 3.92. The van der Waals surface area contributed by atoms with E-state index in [0.717, 1.165) is 45.4 Å². The van der Waals surface area contributed by atoms with Gasteiger partial charge in [0.1, 0.15) is 5.82 Å². The summed E-state index contributed by atoms with van der Waals surface area (Å²) in [6, 6.07) is 9.97. The van der Waals surface area contributed by atoms with Gasteiger partial charge in [-0.15, -0.1) is 0 Å². The minimum atomic E-state index is -0.0554. The highest BCUT2D eigenvalue weighted by Gasteiger charge is 2.30. The monoisotopic (exact) mass is 352 g/mol. The number of amides is 1. The Bertz CT molecular complexity index is 868. The Labute approximate surface area is 153 Å². The molecule has 0 atom stereocenters. The van der Waals surface area contributed by atoms with Crippen molar-refractivity contribution in [3.05, 3.63) is 58.1 Å². The molecule has 0 radical (unpaired) electrons. The van der Waals surface area contributed by atoms with Crippen LogP contribution in [-0.4, -0.2) is 40.0 Å². The second-order valence-electron chi connectivity index (χ2n) is 7.24. The van der Waals surface area contributed by atoms with Gasteiger partial charge in [-0.2, -0.15) is 0 Å². The lowest BCUT2D eigenvalue weighted by Gasteiger charge is -2.36. The Hall–Kier alpha value is -2.63. The molecule has 6 heteroatoms. The molecule has 6 nitrogen and oxygen atoms in total. The lowest BCUT2D eigenvalue weighted by Crippen LogP contribution is -2.44. The molecule has 0 saturated carbocycles. The van der Waals surface area contributed by atoms with E-state index in [1.54, 1.807) is 19.4 Å². The number of hydrogen-bond acceptors (Lipinski definition) is 4. The summed E-state index contributed by atoms with van der Waals surface area (Å²) < 4.78 is 1.47. The Balaban J connectivity index is 1.38. The molecule has 0 bridgehead atoms. The molecule has 1 amide bonds. The SMILES string of the molecule is Cn1cnc(N2CCC(C(=O)N3CCc4ccccc4C3)CC2)cc1=O. The van der Waals surface area contributed by atoms with Gasteiger partial charge >= 0.3 is 0 Å². The fraction of sp³-hybridized carbons (Fsp3) is 0.450. The van der Waals surface area contributed by atoms with E-state index in [1.165, 1.54) is 15.7 Å². The molecule has 2 aliphatic heterocycles. The molecule has 3 heterocycles. The van der Waals surface area contributed by atoms with E-state index in [2.05, 4.69) is 28.1 Å². The van der Waals surface area contributed by atoms with E-state index < -0.39 is 0 Å². The molecular weight excluding hydrogens is 328 g/mol. The summed E-state index contributed by atoms with van der Waals surface area (Å²) in [7, 11) is 1.70. The van der Waals surface area contributed by atoms with Crippen molar-refractivity contribution >= 4 is 11.7 Å². The number of aryl methyl sites for hydroxylation is 1. The molecule has 4 rings (SSSR count). The van der Waals surface area contributed by atoms with Crippen LogP contribution < -0.4 is 10.5 Å². The normalized spacial score (nSPS) is 17.9.